The molecule has 3 aliphatic rings. The fourth-order valence-electron chi connectivity index (χ4n) is 5.83. The summed E-state index contributed by atoms with van der Waals surface area (Å²) in [4.78, 5) is 41.2. The normalized spacial score (nSPS) is 28.2. The molecular weight excluding hydrogens is 495 g/mol. The number of alkyl halides is 3. The minimum Gasteiger partial charge on any atom is -0.465 e. The second kappa shape index (κ2) is 10.4. The lowest BCUT2D eigenvalue weighted by atomic mass is 9.65. The molecule has 0 atom stereocenters. The summed E-state index contributed by atoms with van der Waals surface area (Å²) in [5, 5.41) is 10.0. The number of carbonyl (C=O) groups is 3. The Morgan fingerprint density at radius 1 is 1.06 bits per heavy atom. The van der Waals surface area contributed by atoms with Gasteiger partial charge in [-0.05, 0) is 76.2 Å². The zero-order valence-electron chi connectivity index (χ0n) is 20.7. The van der Waals surface area contributed by atoms with Gasteiger partial charge in [0.2, 0.25) is 5.91 Å². The van der Waals surface area contributed by atoms with E-state index in [4.69, 9.17) is 4.74 Å². The Balaban J connectivity index is 1.76. The van der Waals surface area contributed by atoms with Crippen molar-refractivity contribution in [3.8, 4) is 0 Å². The molecule has 0 aliphatic heterocycles. The highest BCUT2D eigenvalue weighted by atomic mass is 32.1. The summed E-state index contributed by atoms with van der Waals surface area (Å²) in [6.07, 6.45) is -0.235. The van der Waals surface area contributed by atoms with Gasteiger partial charge in [0, 0.05) is 12.0 Å². The van der Waals surface area contributed by atoms with Crippen LogP contribution in [0.25, 0.3) is 0 Å². The molecule has 0 saturated heterocycles. The maximum absolute atomic E-state index is 13.9. The number of ketones is 1. The molecule has 6 nitrogen and oxygen atoms in total. The summed E-state index contributed by atoms with van der Waals surface area (Å²) < 4.78 is 46.7. The van der Waals surface area contributed by atoms with Gasteiger partial charge in [-0.1, -0.05) is 13.3 Å². The zero-order valence-corrected chi connectivity index (χ0v) is 21.6. The van der Waals surface area contributed by atoms with Gasteiger partial charge in [-0.15, -0.1) is 11.3 Å². The largest absolute Gasteiger partial charge is 0.465 e. The van der Waals surface area contributed by atoms with E-state index >= 15 is 0 Å². The molecule has 1 aromatic heterocycles. The lowest BCUT2D eigenvalue weighted by Crippen LogP contribution is -2.50. The highest BCUT2D eigenvalue weighted by molar-refractivity contribution is 7.16. The van der Waals surface area contributed by atoms with Gasteiger partial charge in [0.15, 0.2) is 5.78 Å². The van der Waals surface area contributed by atoms with Crippen molar-refractivity contribution in [1.82, 2.24) is 0 Å². The van der Waals surface area contributed by atoms with Crippen LogP contribution >= 0.6 is 11.3 Å². The van der Waals surface area contributed by atoms with E-state index in [2.05, 4.69) is 6.92 Å². The van der Waals surface area contributed by atoms with Crippen LogP contribution in [-0.4, -0.2) is 48.2 Å². The van der Waals surface area contributed by atoms with Crippen molar-refractivity contribution in [2.45, 2.75) is 95.9 Å². The molecule has 0 bridgehead atoms. The second-order valence-corrected chi connectivity index (χ2v) is 11.8. The van der Waals surface area contributed by atoms with Crippen molar-refractivity contribution >= 4 is 34.7 Å². The first-order valence-electron chi connectivity index (χ1n) is 12.8. The Morgan fingerprint density at radius 3 is 2.17 bits per heavy atom. The van der Waals surface area contributed by atoms with Crippen LogP contribution in [0.2, 0.25) is 0 Å². The number of esters is 1. The fourth-order valence-corrected chi connectivity index (χ4v) is 6.94. The first kappa shape index (κ1) is 27.1. The quantitative estimate of drug-likeness (QED) is 0.366. The van der Waals surface area contributed by atoms with Crippen LogP contribution in [0.4, 0.5) is 18.9 Å². The third-order valence-electron chi connectivity index (χ3n) is 8.38. The fraction of sp³-hybridized carbons (Fsp3) is 0.731. The van der Waals surface area contributed by atoms with Crippen LogP contribution in [0.3, 0.4) is 0 Å². The molecule has 3 aliphatic carbocycles. The molecule has 200 valence electrons. The van der Waals surface area contributed by atoms with E-state index in [0.717, 1.165) is 12.8 Å². The number of methoxy groups -OCH3 is 1. The van der Waals surface area contributed by atoms with E-state index in [1.807, 2.05) is 0 Å². The van der Waals surface area contributed by atoms with Gasteiger partial charge in [-0.2, -0.15) is 13.2 Å². The number of ether oxygens (including phenoxy) is 1. The first-order chi connectivity index (χ1) is 17.0. The van der Waals surface area contributed by atoms with Gasteiger partial charge in [-0.3, -0.25) is 9.59 Å². The molecule has 1 heterocycles. The smallest absolute Gasteiger partial charge is 0.401 e. The molecule has 3 fully saturated rings. The Hall–Kier alpha value is -1.94. The Labute approximate surface area is 213 Å². The highest BCUT2D eigenvalue weighted by Gasteiger charge is 2.63. The maximum atomic E-state index is 13.9. The van der Waals surface area contributed by atoms with Gasteiger partial charge in [-0.25, -0.2) is 4.79 Å². The first-order valence-corrected chi connectivity index (χ1v) is 13.6. The van der Waals surface area contributed by atoms with E-state index in [1.165, 1.54) is 13.2 Å². The molecule has 36 heavy (non-hydrogen) atoms. The minimum absolute atomic E-state index is 0.0267. The molecular formula is C26H34F3NO5S. The molecule has 1 aromatic rings. The Kier molecular flexibility index (Phi) is 7.86. The Morgan fingerprint density at radius 2 is 1.67 bits per heavy atom. The van der Waals surface area contributed by atoms with E-state index in [0.29, 0.717) is 62.2 Å². The SMILES string of the molecule is COC(=O)c1sc(C(=O)C2(C(F)(F)F)CCC2)cc1N(C(=O)C1CCC(C)CC1)C1CCC(O)CC1. The van der Waals surface area contributed by atoms with Gasteiger partial charge in [0.1, 0.15) is 10.3 Å². The van der Waals surface area contributed by atoms with E-state index in [9.17, 15) is 32.7 Å². The summed E-state index contributed by atoms with van der Waals surface area (Å²) in [6, 6.07) is 0.987. The van der Waals surface area contributed by atoms with Crippen LogP contribution < -0.4 is 4.90 Å². The Bertz CT molecular complexity index is 986. The third kappa shape index (κ3) is 4.95. The molecule has 3 saturated carbocycles. The number of rotatable bonds is 6. The predicted octanol–water partition coefficient (Wildman–Crippen LogP) is 5.91. The van der Waals surface area contributed by atoms with Crippen LogP contribution in [-0.2, 0) is 9.53 Å². The average molecular weight is 530 g/mol. The lowest BCUT2D eigenvalue weighted by molar-refractivity contribution is -0.226. The number of halogens is 3. The number of hydrogen-bond acceptors (Lipinski definition) is 6. The van der Waals surface area contributed by atoms with Gasteiger partial charge in [0.05, 0.1) is 23.8 Å². The molecule has 4 rings (SSSR count). The molecule has 10 heteroatoms. The number of nitrogens with zero attached hydrogens (tertiary/aromatic N) is 1. The molecule has 0 radical (unpaired) electrons. The number of aliphatic hydroxyl groups is 1. The summed E-state index contributed by atoms with van der Waals surface area (Å²) in [7, 11) is 1.17. The van der Waals surface area contributed by atoms with Crippen molar-refractivity contribution in [2.24, 2.45) is 17.3 Å². The third-order valence-corrected chi connectivity index (χ3v) is 9.49. The number of carbonyl (C=O) groups excluding carboxylic acids is 3. The highest BCUT2D eigenvalue weighted by Crippen LogP contribution is 2.56. The standard InChI is InChI=1S/C26H34F3NO5S/c1-15-4-6-16(7-5-15)23(33)30(17-8-10-18(31)11-9-17)19-14-20(36-21(19)24(34)35-2)22(32)25(12-3-13-25)26(27,28)29/h14-18,31H,3-13H2,1-2H3. The number of aliphatic hydroxyl groups excluding tert-OH is 1. The van der Waals surface area contributed by atoms with Crippen LogP contribution in [0, 0.1) is 17.3 Å². The summed E-state index contributed by atoms with van der Waals surface area (Å²) in [5.74, 6) is -1.73. The molecule has 0 unspecified atom stereocenters. The van der Waals surface area contributed by atoms with Crippen molar-refractivity contribution < 1.29 is 37.4 Å². The van der Waals surface area contributed by atoms with Crippen molar-refractivity contribution in [3.05, 3.63) is 15.8 Å². The summed E-state index contributed by atoms with van der Waals surface area (Å²) in [6.45, 7) is 2.14. The zero-order chi connectivity index (χ0) is 26.3. The predicted molar refractivity (Wildman–Crippen MR) is 129 cm³/mol. The molecule has 1 amide bonds. The number of amides is 1. The maximum Gasteiger partial charge on any atom is 0.401 e. The van der Waals surface area contributed by atoms with Crippen LogP contribution in [0.15, 0.2) is 6.07 Å². The molecule has 1 N–H and O–H groups in total. The van der Waals surface area contributed by atoms with Gasteiger partial charge >= 0.3 is 12.1 Å². The van der Waals surface area contributed by atoms with E-state index in [-0.39, 0.29) is 46.2 Å². The molecule has 0 aromatic carbocycles. The van der Waals surface area contributed by atoms with E-state index in [1.54, 1.807) is 4.90 Å². The van der Waals surface area contributed by atoms with Crippen molar-refractivity contribution in [1.29, 1.82) is 0 Å². The van der Waals surface area contributed by atoms with Crippen LogP contribution in [0.1, 0.15) is 96.9 Å². The summed E-state index contributed by atoms with van der Waals surface area (Å²) >= 11 is 0.683. The molecule has 0 spiro atoms. The number of anilines is 1. The minimum atomic E-state index is -4.69. The van der Waals surface area contributed by atoms with Crippen molar-refractivity contribution in [2.75, 3.05) is 12.0 Å². The second-order valence-electron chi connectivity index (χ2n) is 10.7. The number of hydrogen-bond donors (Lipinski definition) is 1. The van der Waals surface area contributed by atoms with Gasteiger partial charge < -0.3 is 14.7 Å². The average Bonchev–Trinajstić information content (AvgIpc) is 3.23. The number of Topliss-reactive ketones (excluding diaryl/α,β-unsaturated/α-hetero) is 1. The van der Waals surface area contributed by atoms with Crippen molar-refractivity contribution in [3.63, 3.8) is 0 Å². The van der Waals surface area contributed by atoms with E-state index < -0.39 is 29.4 Å². The van der Waals surface area contributed by atoms with Gasteiger partial charge in [0.25, 0.3) is 0 Å². The van der Waals surface area contributed by atoms with Crippen LogP contribution in [0.5, 0.6) is 0 Å². The monoisotopic (exact) mass is 529 g/mol. The summed E-state index contributed by atoms with van der Waals surface area (Å²) in [5.41, 5.74) is -2.27. The topological polar surface area (TPSA) is 83.9 Å². The number of thiophene rings is 1. The lowest BCUT2D eigenvalue weighted by Gasteiger charge is -2.41.